The third-order valence-corrected chi connectivity index (χ3v) is 3.31. The van der Waals surface area contributed by atoms with Crippen LogP contribution in [-0.2, 0) is 4.79 Å². The third kappa shape index (κ3) is 5.04. The molecule has 19 heavy (non-hydrogen) atoms. The number of aliphatic carboxylic acids is 1. The van der Waals surface area contributed by atoms with Gasteiger partial charge in [-0.05, 0) is 25.7 Å². The lowest BCUT2D eigenvalue weighted by atomic mass is 9.91. The Morgan fingerprint density at radius 1 is 1.37 bits per heavy atom. The summed E-state index contributed by atoms with van der Waals surface area (Å²) < 4.78 is 0. The first-order valence-corrected chi connectivity index (χ1v) is 6.62. The molecule has 0 heterocycles. The van der Waals surface area contributed by atoms with Gasteiger partial charge in [0.1, 0.15) is 0 Å². The van der Waals surface area contributed by atoms with E-state index in [0.717, 1.165) is 19.3 Å². The van der Waals surface area contributed by atoms with Crippen LogP contribution < -0.4 is 5.32 Å². The molecule has 1 aliphatic carbocycles. The van der Waals surface area contributed by atoms with Crippen molar-refractivity contribution < 1.29 is 24.9 Å². The molecule has 0 bridgehead atoms. The predicted octanol–water partition coefficient (Wildman–Crippen LogP) is -0.231. The van der Waals surface area contributed by atoms with Crippen LogP contribution in [0.3, 0.4) is 0 Å². The van der Waals surface area contributed by atoms with E-state index in [-0.39, 0.29) is 31.6 Å². The van der Waals surface area contributed by atoms with Gasteiger partial charge in [-0.3, -0.25) is 0 Å². The minimum Gasteiger partial charge on any atom is -0.479 e. The fourth-order valence-electron chi connectivity index (χ4n) is 1.93. The van der Waals surface area contributed by atoms with Crippen LogP contribution in [0.5, 0.6) is 0 Å². The predicted molar refractivity (Wildman–Crippen MR) is 67.7 cm³/mol. The van der Waals surface area contributed by atoms with Gasteiger partial charge in [-0.1, -0.05) is 0 Å². The van der Waals surface area contributed by atoms with E-state index < -0.39 is 12.1 Å². The maximum absolute atomic E-state index is 11.9. The summed E-state index contributed by atoms with van der Waals surface area (Å²) >= 11 is 0. The number of hydrogen-bond acceptors (Lipinski definition) is 4. The molecule has 1 aliphatic rings. The fourth-order valence-corrected chi connectivity index (χ4v) is 1.93. The van der Waals surface area contributed by atoms with E-state index in [1.54, 1.807) is 4.90 Å². The first-order chi connectivity index (χ1) is 9.06. The highest BCUT2D eigenvalue weighted by Crippen LogP contribution is 2.24. The first-order valence-electron chi connectivity index (χ1n) is 6.62. The van der Waals surface area contributed by atoms with Gasteiger partial charge in [0.15, 0.2) is 6.10 Å². The molecule has 4 N–H and O–H groups in total. The number of hydrogen-bond donors (Lipinski definition) is 4. The molecule has 0 aliphatic heterocycles. The van der Waals surface area contributed by atoms with E-state index in [1.807, 2.05) is 0 Å². The Morgan fingerprint density at radius 3 is 2.53 bits per heavy atom. The number of urea groups is 1. The molecule has 1 rings (SSSR count). The fraction of sp³-hybridized carbons (Fsp3) is 0.833. The average molecular weight is 274 g/mol. The highest BCUT2D eigenvalue weighted by Gasteiger charge is 2.28. The van der Waals surface area contributed by atoms with Gasteiger partial charge >= 0.3 is 12.0 Å². The molecule has 0 aromatic carbocycles. The number of carbonyl (C=O) groups is 2. The molecule has 0 aromatic rings. The van der Waals surface area contributed by atoms with E-state index in [0.29, 0.717) is 13.0 Å². The number of amides is 2. The molecule has 7 nitrogen and oxygen atoms in total. The van der Waals surface area contributed by atoms with E-state index >= 15 is 0 Å². The maximum atomic E-state index is 11.9. The average Bonchev–Trinajstić information content (AvgIpc) is 2.31. The van der Waals surface area contributed by atoms with Crippen LogP contribution in [0.15, 0.2) is 0 Å². The number of carbonyl (C=O) groups excluding carboxylic acids is 1. The summed E-state index contributed by atoms with van der Waals surface area (Å²) in [7, 11) is 0. The Hall–Kier alpha value is -1.34. The van der Waals surface area contributed by atoms with Crippen molar-refractivity contribution in [1.82, 2.24) is 10.2 Å². The van der Waals surface area contributed by atoms with Gasteiger partial charge in [0.05, 0.1) is 0 Å². The molecular weight excluding hydrogens is 252 g/mol. The standard InChI is InChI=1S/C12H22N2O5/c15-8-2-7-14(9-3-1-4-9)12(19)13-6-5-10(16)11(17)18/h9-10,15-16H,1-8H2,(H,13,19)(H,17,18). The summed E-state index contributed by atoms with van der Waals surface area (Å²) in [6.07, 6.45) is 2.11. The van der Waals surface area contributed by atoms with E-state index in [9.17, 15) is 9.59 Å². The van der Waals surface area contributed by atoms with Gasteiger partial charge in [-0.15, -0.1) is 0 Å². The number of aliphatic hydroxyl groups excluding tert-OH is 2. The Kier molecular flexibility index (Phi) is 6.58. The lowest BCUT2D eigenvalue weighted by Gasteiger charge is -2.37. The van der Waals surface area contributed by atoms with Crippen molar-refractivity contribution in [2.24, 2.45) is 0 Å². The normalized spacial score (nSPS) is 16.5. The number of carboxylic acids is 1. The van der Waals surface area contributed by atoms with Gasteiger partial charge in [-0.25, -0.2) is 9.59 Å². The third-order valence-electron chi connectivity index (χ3n) is 3.31. The van der Waals surface area contributed by atoms with Crippen molar-refractivity contribution in [1.29, 1.82) is 0 Å². The van der Waals surface area contributed by atoms with Crippen molar-refractivity contribution in [3.05, 3.63) is 0 Å². The van der Waals surface area contributed by atoms with Crippen LogP contribution in [0.1, 0.15) is 32.1 Å². The minimum absolute atomic E-state index is 0.0143. The Balaban J connectivity index is 2.32. The zero-order valence-electron chi connectivity index (χ0n) is 10.9. The molecular formula is C12H22N2O5. The quantitative estimate of drug-likeness (QED) is 0.488. The van der Waals surface area contributed by atoms with Crippen LogP contribution in [-0.4, -0.2) is 64.1 Å². The summed E-state index contributed by atoms with van der Waals surface area (Å²) in [6, 6.07) is -0.0355. The smallest absolute Gasteiger partial charge is 0.332 e. The lowest BCUT2D eigenvalue weighted by molar-refractivity contribution is -0.146. The molecule has 0 radical (unpaired) electrons. The zero-order chi connectivity index (χ0) is 14.3. The second-order valence-electron chi connectivity index (χ2n) is 4.73. The second kappa shape index (κ2) is 7.96. The van der Waals surface area contributed by atoms with Gasteiger partial charge in [0.2, 0.25) is 0 Å². The highest BCUT2D eigenvalue weighted by molar-refractivity contribution is 5.75. The van der Waals surface area contributed by atoms with Crippen molar-refractivity contribution in [2.75, 3.05) is 19.7 Å². The van der Waals surface area contributed by atoms with Crippen molar-refractivity contribution in [2.45, 2.75) is 44.2 Å². The number of carboxylic acid groups (broad SMARTS) is 1. The number of nitrogens with one attached hydrogen (secondary N) is 1. The van der Waals surface area contributed by atoms with Crippen LogP contribution in [0.4, 0.5) is 4.79 Å². The SMILES string of the molecule is O=C(O)C(O)CCNC(=O)N(CCCO)C1CCC1. The molecule has 1 atom stereocenters. The molecule has 0 aromatic heterocycles. The second-order valence-corrected chi connectivity index (χ2v) is 4.73. The summed E-state index contributed by atoms with van der Waals surface area (Å²) in [6.45, 7) is 0.650. The van der Waals surface area contributed by atoms with Gasteiger partial charge in [-0.2, -0.15) is 0 Å². The summed E-state index contributed by atoms with van der Waals surface area (Å²) in [5, 5.41) is 29.0. The largest absolute Gasteiger partial charge is 0.479 e. The molecule has 0 saturated heterocycles. The number of aliphatic hydroxyl groups is 2. The topological polar surface area (TPSA) is 110 Å². The van der Waals surface area contributed by atoms with E-state index in [2.05, 4.69) is 5.32 Å². The molecule has 1 saturated carbocycles. The maximum Gasteiger partial charge on any atom is 0.332 e. The molecule has 0 spiro atoms. The van der Waals surface area contributed by atoms with Crippen LogP contribution in [0.2, 0.25) is 0 Å². The Labute approximate surface area is 112 Å². The van der Waals surface area contributed by atoms with Gasteiger partial charge in [0, 0.05) is 32.2 Å². The molecule has 1 fully saturated rings. The lowest BCUT2D eigenvalue weighted by Crippen LogP contribution is -2.50. The van der Waals surface area contributed by atoms with Crippen molar-refractivity contribution in [3.8, 4) is 0 Å². The first kappa shape index (κ1) is 15.7. The van der Waals surface area contributed by atoms with Crippen LogP contribution >= 0.6 is 0 Å². The molecule has 110 valence electrons. The van der Waals surface area contributed by atoms with Crippen molar-refractivity contribution in [3.63, 3.8) is 0 Å². The summed E-state index contributed by atoms with van der Waals surface area (Å²) in [5.41, 5.74) is 0. The zero-order valence-corrected chi connectivity index (χ0v) is 10.9. The van der Waals surface area contributed by atoms with Gasteiger partial charge < -0.3 is 25.5 Å². The number of rotatable bonds is 8. The van der Waals surface area contributed by atoms with Crippen LogP contribution in [0, 0.1) is 0 Å². The van der Waals surface area contributed by atoms with Crippen LogP contribution in [0.25, 0.3) is 0 Å². The summed E-state index contributed by atoms with van der Waals surface area (Å²) in [4.78, 5) is 24.0. The Morgan fingerprint density at radius 2 is 2.05 bits per heavy atom. The highest BCUT2D eigenvalue weighted by atomic mass is 16.4. The van der Waals surface area contributed by atoms with Crippen molar-refractivity contribution >= 4 is 12.0 Å². The van der Waals surface area contributed by atoms with E-state index in [4.69, 9.17) is 15.3 Å². The molecule has 2 amide bonds. The van der Waals surface area contributed by atoms with Gasteiger partial charge in [0.25, 0.3) is 0 Å². The monoisotopic (exact) mass is 274 g/mol. The Bertz CT molecular complexity index is 306. The molecule has 1 unspecified atom stereocenters. The number of nitrogens with zero attached hydrogens (tertiary/aromatic N) is 1. The summed E-state index contributed by atoms with van der Waals surface area (Å²) in [5.74, 6) is -1.29. The molecule has 7 heteroatoms. The minimum atomic E-state index is -1.45. The van der Waals surface area contributed by atoms with E-state index in [1.165, 1.54) is 0 Å².